The minimum absolute atomic E-state index is 0.0281. The lowest BCUT2D eigenvalue weighted by Crippen LogP contribution is -2.43. The molecule has 1 aromatic heterocycles. The minimum atomic E-state index is -1.07. The molecule has 0 aromatic carbocycles. The van der Waals surface area contributed by atoms with E-state index in [2.05, 4.69) is 10.3 Å². The van der Waals surface area contributed by atoms with E-state index in [1.165, 1.54) is 0 Å². The highest BCUT2D eigenvalue weighted by atomic mass is 16.4. The summed E-state index contributed by atoms with van der Waals surface area (Å²) >= 11 is 0. The first-order valence-corrected chi connectivity index (χ1v) is 5.80. The molecule has 1 fully saturated rings. The fourth-order valence-corrected chi connectivity index (χ4v) is 1.82. The van der Waals surface area contributed by atoms with Gasteiger partial charge in [0.15, 0.2) is 0 Å². The number of carbonyl (C=O) groups is 2. The second-order valence-electron chi connectivity index (χ2n) is 4.51. The predicted octanol–water partition coefficient (Wildman–Crippen LogP) is -1.41. The number of nitrogens with one attached hydrogen (secondary N) is 3. The van der Waals surface area contributed by atoms with Gasteiger partial charge in [0, 0.05) is 11.8 Å². The molecular formula is C11H13N3O5. The Labute approximate surface area is 106 Å². The van der Waals surface area contributed by atoms with E-state index < -0.39 is 29.2 Å². The van der Waals surface area contributed by atoms with Gasteiger partial charge >= 0.3 is 11.7 Å². The minimum Gasteiger partial charge on any atom is -0.480 e. The predicted molar refractivity (Wildman–Crippen MR) is 63.7 cm³/mol. The lowest BCUT2D eigenvalue weighted by molar-refractivity contribution is -0.142. The second-order valence-corrected chi connectivity index (χ2v) is 4.51. The van der Waals surface area contributed by atoms with E-state index in [4.69, 9.17) is 5.11 Å². The molecule has 1 saturated carbocycles. The molecule has 0 bridgehead atoms. The SMILES string of the molecule is O=C(Cc1cc(=O)[nH]c(=O)[nH]1)NC(C(=O)O)C1CC1. The summed E-state index contributed by atoms with van der Waals surface area (Å²) in [6.45, 7) is 0. The summed E-state index contributed by atoms with van der Waals surface area (Å²) in [5.41, 5.74) is -1.16. The lowest BCUT2D eigenvalue weighted by Gasteiger charge is -2.13. The smallest absolute Gasteiger partial charge is 0.326 e. The van der Waals surface area contributed by atoms with E-state index in [0.29, 0.717) is 0 Å². The van der Waals surface area contributed by atoms with Gasteiger partial charge < -0.3 is 15.4 Å². The highest BCUT2D eigenvalue weighted by molar-refractivity contribution is 5.85. The maximum atomic E-state index is 11.7. The number of aliphatic carboxylic acids is 1. The number of aromatic nitrogens is 2. The van der Waals surface area contributed by atoms with Crippen LogP contribution < -0.4 is 16.6 Å². The van der Waals surface area contributed by atoms with Gasteiger partial charge in [-0.15, -0.1) is 0 Å². The van der Waals surface area contributed by atoms with Crippen LogP contribution in [0.25, 0.3) is 0 Å². The van der Waals surface area contributed by atoms with Crippen LogP contribution in [0, 0.1) is 5.92 Å². The lowest BCUT2D eigenvalue weighted by atomic mass is 10.1. The van der Waals surface area contributed by atoms with Crippen LogP contribution in [0.1, 0.15) is 18.5 Å². The van der Waals surface area contributed by atoms with Crippen molar-refractivity contribution in [1.82, 2.24) is 15.3 Å². The van der Waals surface area contributed by atoms with Crippen molar-refractivity contribution in [2.45, 2.75) is 25.3 Å². The molecule has 2 rings (SSSR count). The van der Waals surface area contributed by atoms with Gasteiger partial charge in [0.2, 0.25) is 5.91 Å². The van der Waals surface area contributed by atoms with Crippen LogP contribution in [0.3, 0.4) is 0 Å². The van der Waals surface area contributed by atoms with Crippen LogP contribution in [0.2, 0.25) is 0 Å². The van der Waals surface area contributed by atoms with Crippen molar-refractivity contribution >= 4 is 11.9 Å². The second kappa shape index (κ2) is 5.09. The van der Waals surface area contributed by atoms with Crippen molar-refractivity contribution in [3.8, 4) is 0 Å². The zero-order valence-corrected chi connectivity index (χ0v) is 9.93. The number of carbonyl (C=O) groups excluding carboxylic acids is 1. The van der Waals surface area contributed by atoms with Crippen LogP contribution in [-0.2, 0) is 16.0 Å². The van der Waals surface area contributed by atoms with E-state index in [0.717, 1.165) is 18.9 Å². The third kappa shape index (κ3) is 3.54. The van der Waals surface area contributed by atoms with Gasteiger partial charge in [0.1, 0.15) is 6.04 Å². The van der Waals surface area contributed by atoms with Gasteiger partial charge in [-0.1, -0.05) is 0 Å². The van der Waals surface area contributed by atoms with Crippen LogP contribution in [-0.4, -0.2) is 33.0 Å². The molecule has 19 heavy (non-hydrogen) atoms. The highest BCUT2D eigenvalue weighted by Crippen LogP contribution is 2.32. The molecule has 0 radical (unpaired) electrons. The molecule has 1 aromatic rings. The van der Waals surface area contributed by atoms with E-state index >= 15 is 0 Å². The fraction of sp³-hybridized carbons (Fsp3) is 0.455. The average molecular weight is 267 g/mol. The van der Waals surface area contributed by atoms with Gasteiger partial charge in [0.25, 0.3) is 5.56 Å². The van der Waals surface area contributed by atoms with Crippen LogP contribution in [0.15, 0.2) is 15.7 Å². The number of rotatable bonds is 5. The maximum Gasteiger partial charge on any atom is 0.326 e. The molecule has 1 heterocycles. The summed E-state index contributed by atoms with van der Waals surface area (Å²) in [5.74, 6) is -1.64. The normalized spacial score (nSPS) is 15.8. The number of carboxylic acid groups (broad SMARTS) is 1. The molecule has 0 aliphatic heterocycles. The number of aromatic amines is 2. The summed E-state index contributed by atoms with van der Waals surface area (Å²) in [7, 11) is 0. The van der Waals surface area contributed by atoms with Gasteiger partial charge in [-0.05, 0) is 18.8 Å². The monoisotopic (exact) mass is 267 g/mol. The number of amides is 1. The van der Waals surface area contributed by atoms with Crippen LogP contribution in [0.4, 0.5) is 0 Å². The van der Waals surface area contributed by atoms with E-state index in [9.17, 15) is 19.2 Å². The molecular weight excluding hydrogens is 254 g/mol. The van der Waals surface area contributed by atoms with Crippen molar-refractivity contribution < 1.29 is 14.7 Å². The van der Waals surface area contributed by atoms with E-state index in [1.54, 1.807) is 0 Å². The van der Waals surface area contributed by atoms with Gasteiger partial charge in [-0.3, -0.25) is 14.6 Å². The summed E-state index contributed by atoms with van der Waals surface area (Å²) < 4.78 is 0. The average Bonchev–Trinajstić information content (AvgIpc) is 3.07. The van der Waals surface area contributed by atoms with E-state index in [1.807, 2.05) is 4.98 Å². The molecule has 1 atom stereocenters. The summed E-state index contributed by atoms with van der Waals surface area (Å²) in [6, 6.07) is 0.189. The number of H-pyrrole nitrogens is 2. The van der Waals surface area contributed by atoms with Crippen molar-refractivity contribution in [3.05, 3.63) is 32.6 Å². The zero-order chi connectivity index (χ0) is 14.0. The first kappa shape index (κ1) is 13.1. The largest absolute Gasteiger partial charge is 0.480 e. The third-order valence-electron chi connectivity index (χ3n) is 2.84. The number of hydrogen-bond acceptors (Lipinski definition) is 4. The van der Waals surface area contributed by atoms with Crippen molar-refractivity contribution in [1.29, 1.82) is 0 Å². The van der Waals surface area contributed by atoms with Gasteiger partial charge in [-0.2, -0.15) is 0 Å². The molecule has 4 N–H and O–H groups in total. The fourth-order valence-electron chi connectivity index (χ4n) is 1.82. The molecule has 8 nitrogen and oxygen atoms in total. The summed E-state index contributed by atoms with van der Waals surface area (Å²) in [5, 5.41) is 11.4. The van der Waals surface area contributed by atoms with Crippen LogP contribution in [0.5, 0.6) is 0 Å². The molecule has 0 saturated heterocycles. The molecule has 1 aliphatic carbocycles. The number of carboxylic acids is 1. The summed E-state index contributed by atoms with van der Waals surface area (Å²) in [4.78, 5) is 49.0. The first-order chi connectivity index (χ1) is 8.95. The van der Waals surface area contributed by atoms with Crippen molar-refractivity contribution in [2.75, 3.05) is 0 Å². The Bertz CT molecular complexity index is 585. The standard InChI is InChI=1S/C11H13N3O5/c15-7(13-9(10(17)18)5-1-2-5)3-6-4-8(16)14-11(19)12-6/h4-5,9H,1-3H2,(H,13,15)(H,17,18)(H2,12,14,16,19). The van der Waals surface area contributed by atoms with Crippen molar-refractivity contribution in [2.24, 2.45) is 5.92 Å². The van der Waals surface area contributed by atoms with E-state index in [-0.39, 0.29) is 18.0 Å². The Morgan fingerprint density at radius 1 is 1.37 bits per heavy atom. The molecule has 1 unspecified atom stereocenters. The molecule has 0 spiro atoms. The zero-order valence-electron chi connectivity index (χ0n) is 9.93. The Balaban J connectivity index is 2.02. The van der Waals surface area contributed by atoms with Crippen LogP contribution >= 0.6 is 0 Å². The Morgan fingerprint density at radius 3 is 2.58 bits per heavy atom. The Hall–Kier alpha value is -2.38. The molecule has 1 amide bonds. The first-order valence-electron chi connectivity index (χ1n) is 5.80. The molecule has 1 aliphatic rings. The van der Waals surface area contributed by atoms with Gasteiger partial charge in [0.05, 0.1) is 6.42 Å². The van der Waals surface area contributed by atoms with Gasteiger partial charge in [-0.25, -0.2) is 9.59 Å². The highest BCUT2D eigenvalue weighted by Gasteiger charge is 2.37. The maximum absolute atomic E-state index is 11.7. The molecule has 102 valence electrons. The molecule has 8 heteroatoms. The Kier molecular flexibility index (Phi) is 3.50. The summed E-state index contributed by atoms with van der Waals surface area (Å²) in [6.07, 6.45) is 1.31. The Morgan fingerprint density at radius 2 is 2.05 bits per heavy atom. The van der Waals surface area contributed by atoms with Crippen molar-refractivity contribution in [3.63, 3.8) is 0 Å². The topological polar surface area (TPSA) is 132 Å². The third-order valence-corrected chi connectivity index (χ3v) is 2.84. The number of hydrogen-bond donors (Lipinski definition) is 4. The quantitative estimate of drug-likeness (QED) is 0.520.